The fraction of sp³-hybridized carbons (Fsp3) is 0.538. The van der Waals surface area contributed by atoms with E-state index in [0.29, 0.717) is 12.8 Å². The van der Waals surface area contributed by atoms with Crippen LogP contribution in [0.4, 0.5) is 26.7 Å². The van der Waals surface area contributed by atoms with Crippen molar-refractivity contribution in [2.75, 3.05) is 20.3 Å². The number of nitrogens with one attached hydrogen (secondary N) is 2. The first-order valence-electron chi connectivity index (χ1n) is 13.1. The monoisotopic (exact) mass is 584 g/mol. The third-order valence-corrected chi connectivity index (χ3v) is 7.68. The molecule has 1 aromatic carbocycles. The number of alkyl halides is 4. The van der Waals surface area contributed by atoms with Crippen molar-refractivity contribution in [2.45, 2.75) is 56.2 Å². The smallest absolute Gasteiger partial charge is 0.410 e. The Bertz CT molecular complexity index is 1420. The quantitative estimate of drug-likeness (QED) is 0.381. The molecule has 3 heterocycles. The number of fused-ring (bicyclic) bond motifs is 1. The predicted octanol–water partition coefficient (Wildman–Crippen LogP) is 4.34. The summed E-state index contributed by atoms with van der Waals surface area (Å²) in [6, 6.07) is -0.897. The number of carbonyl (C=O) groups is 2. The van der Waals surface area contributed by atoms with Gasteiger partial charge < -0.3 is 24.7 Å². The van der Waals surface area contributed by atoms with Gasteiger partial charge in [-0.3, -0.25) is 9.48 Å². The summed E-state index contributed by atoms with van der Waals surface area (Å²) in [5.74, 6) is -1.56. The highest BCUT2D eigenvalue weighted by molar-refractivity contribution is 5.92. The number of ether oxygens (including phenoxy) is 1. The zero-order chi connectivity index (χ0) is 29.5. The van der Waals surface area contributed by atoms with Crippen LogP contribution in [-0.4, -0.2) is 70.3 Å². The number of carbonyl (C=O) groups excluding carboxylic acids is 2. The van der Waals surface area contributed by atoms with Crippen molar-refractivity contribution in [2.24, 2.45) is 13.0 Å². The summed E-state index contributed by atoms with van der Waals surface area (Å²) in [7, 11) is 2.91. The zero-order valence-electron chi connectivity index (χ0n) is 22.3. The molecule has 1 saturated heterocycles. The molecule has 0 spiro atoms. The Hall–Kier alpha value is -3.75. The molecule has 0 radical (unpaired) electrons. The van der Waals surface area contributed by atoms with Gasteiger partial charge in [0.05, 0.1) is 19.2 Å². The third kappa shape index (κ3) is 5.85. The lowest BCUT2D eigenvalue weighted by atomic mass is 9.83. The molecule has 10 nitrogen and oxygen atoms in total. The van der Waals surface area contributed by atoms with Crippen molar-refractivity contribution in [1.29, 1.82) is 0 Å². The van der Waals surface area contributed by atoms with Crippen molar-refractivity contribution in [3.8, 4) is 0 Å². The summed E-state index contributed by atoms with van der Waals surface area (Å²) in [4.78, 5) is 30.9. The number of urea groups is 1. The molecule has 0 bridgehead atoms. The summed E-state index contributed by atoms with van der Waals surface area (Å²) in [5, 5.41) is 8.78. The van der Waals surface area contributed by atoms with E-state index < -0.39 is 54.8 Å². The molecule has 3 aromatic rings. The maximum Gasteiger partial charge on any atom is 0.410 e. The molecule has 2 N–H and O–H groups in total. The Kier molecular flexibility index (Phi) is 7.90. The van der Waals surface area contributed by atoms with Crippen LogP contribution >= 0.6 is 0 Å². The number of oxazole rings is 1. The van der Waals surface area contributed by atoms with Crippen molar-refractivity contribution < 1.29 is 40.7 Å². The van der Waals surface area contributed by atoms with Gasteiger partial charge in [-0.05, 0) is 55.4 Å². The highest BCUT2D eigenvalue weighted by Gasteiger charge is 2.48. The van der Waals surface area contributed by atoms with Gasteiger partial charge in [-0.1, -0.05) is 0 Å². The van der Waals surface area contributed by atoms with E-state index in [0.717, 1.165) is 11.0 Å². The molecule has 3 atom stereocenters. The van der Waals surface area contributed by atoms with Crippen molar-refractivity contribution >= 4 is 23.0 Å². The Morgan fingerprint density at radius 1 is 1.27 bits per heavy atom. The maximum atomic E-state index is 15.4. The predicted molar refractivity (Wildman–Crippen MR) is 134 cm³/mol. The first-order chi connectivity index (χ1) is 19.5. The molecule has 0 unspecified atom stereocenters. The molecule has 41 heavy (non-hydrogen) atoms. The standard InChI is InChI=1S/C26H29F5N6O4/c1-36-18(7-8-32-36)23(38)35-21(13-3-5-15(27)6-4-13)24-33-17-10-14(9-16(28)22(17)41-24)19(12-40-2)37-11-20(26(29,30)31)34-25(37)39/h7-10,13,15,19-21H,3-6,11-12H2,1-2H3,(H,34,39)(H,35,38)/t13?,15?,19-,20+,21+/m1/s1. The summed E-state index contributed by atoms with van der Waals surface area (Å²) < 4.78 is 81.5. The summed E-state index contributed by atoms with van der Waals surface area (Å²) in [6.45, 7) is -0.886. The first kappa shape index (κ1) is 28.8. The second-order valence-electron chi connectivity index (χ2n) is 10.4. The highest BCUT2D eigenvalue weighted by atomic mass is 19.4. The molecule has 2 fully saturated rings. The number of rotatable bonds is 8. The van der Waals surface area contributed by atoms with Gasteiger partial charge in [0, 0.05) is 20.4 Å². The number of nitrogens with zero attached hydrogens (tertiary/aromatic N) is 4. The molecule has 1 aliphatic carbocycles. The number of aromatic nitrogens is 3. The van der Waals surface area contributed by atoms with Crippen molar-refractivity contribution in [3.05, 3.63) is 47.4 Å². The first-order valence-corrected chi connectivity index (χ1v) is 13.1. The van der Waals surface area contributed by atoms with Crippen LogP contribution in [0.5, 0.6) is 0 Å². The van der Waals surface area contributed by atoms with E-state index in [9.17, 15) is 27.2 Å². The molecule has 2 aromatic heterocycles. The van der Waals surface area contributed by atoms with Gasteiger partial charge in [0.25, 0.3) is 5.91 Å². The van der Waals surface area contributed by atoms with Crippen LogP contribution in [0.25, 0.3) is 11.1 Å². The molecular formula is C26H29F5N6O4. The van der Waals surface area contributed by atoms with Crippen LogP contribution in [0.3, 0.4) is 0 Å². The molecular weight excluding hydrogens is 555 g/mol. The van der Waals surface area contributed by atoms with Gasteiger partial charge in [0.15, 0.2) is 11.4 Å². The lowest BCUT2D eigenvalue weighted by molar-refractivity contribution is -0.150. The zero-order valence-corrected chi connectivity index (χ0v) is 22.3. The topological polar surface area (TPSA) is 115 Å². The summed E-state index contributed by atoms with van der Waals surface area (Å²) in [5.41, 5.74) is 0.241. The average molecular weight is 585 g/mol. The summed E-state index contributed by atoms with van der Waals surface area (Å²) >= 11 is 0. The van der Waals surface area contributed by atoms with Gasteiger partial charge in [0.1, 0.15) is 29.5 Å². The minimum Gasteiger partial charge on any atom is -0.435 e. The van der Waals surface area contributed by atoms with E-state index in [1.165, 1.54) is 30.1 Å². The minimum atomic E-state index is -4.66. The Morgan fingerprint density at radius 3 is 2.61 bits per heavy atom. The third-order valence-electron chi connectivity index (χ3n) is 7.68. The molecule has 222 valence electrons. The van der Waals surface area contributed by atoms with Crippen LogP contribution in [0.15, 0.2) is 28.8 Å². The lowest BCUT2D eigenvalue weighted by Gasteiger charge is -2.30. The van der Waals surface area contributed by atoms with Crippen LogP contribution in [0.2, 0.25) is 0 Å². The molecule has 3 amide bonds. The number of aryl methyl sites for hydroxylation is 1. The number of halogens is 5. The molecule has 1 saturated carbocycles. The number of amides is 3. The van der Waals surface area contributed by atoms with Crippen molar-refractivity contribution in [1.82, 2.24) is 30.3 Å². The van der Waals surface area contributed by atoms with E-state index in [2.05, 4.69) is 15.4 Å². The number of hydrogen-bond acceptors (Lipinski definition) is 6. The van der Waals surface area contributed by atoms with Crippen molar-refractivity contribution in [3.63, 3.8) is 0 Å². The van der Waals surface area contributed by atoms with Gasteiger partial charge >= 0.3 is 12.2 Å². The number of hydrogen-bond donors (Lipinski definition) is 2. The normalized spacial score (nSPS) is 23.0. The fourth-order valence-corrected chi connectivity index (χ4v) is 5.50. The van der Waals surface area contributed by atoms with Gasteiger partial charge in [-0.15, -0.1) is 0 Å². The Balaban J connectivity index is 1.48. The Labute approximate surface area is 231 Å². The minimum absolute atomic E-state index is 0.00761. The van der Waals surface area contributed by atoms with Crippen LogP contribution in [0.1, 0.15) is 59.7 Å². The van der Waals surface area contributed by atoms with E-state index in [4.69, 9.17) is 9.15 Å². The van der Waals surface area contributed by atoms with E-state index in [1.54, 1.807) is 7.05 Å². The van der Waals surface area contributed by atoms with Crippen LogP contribution < -0.4 is 10.6 Å². The molecule has 5 rings (SSSR count). The second kappa shape index (κ2) is 11.3. The van der Waals surface area contributed by atoms with Crippen LogP contribution in [-0.2, 0) is 11.8 Å². The second-order valence-corrected chi connectivity index (χ2v) is 10.4. The van der Waals surface area contributed by atoms with E-state index in [1.807, 2.05) is 5.32 Å². The number of benzene rings is 1. The van der Waals surface area contributed by atoms with E-state index >= 15 is 4.39 Å². The summed E-state index contributed by atoms with van der Waals surface area (Å²) in [6.07, 6.45) is -2.71. The molecule has 2 aliphatic rings. The maximum absolute atomic E-state index is 15.4. The Morgan fingerprint density at radius 2 is 2.00 bits per heavy atom. The van der Waals surface area contributed by atoms with Gasteiger partial charge in [0.2, 0.25) is 5.89 Å². The SMILES string of the molecule is COC[C@H](c1cc(F)c2oc([C@@H](NC(=O)c3ccnn3C)C3CCC(F)CC3)nc2c1)N1C[C@@H](C(F)(F)F)NC1=O. The highest BCUT2D eigenvalue weighted by Crippen LogP contribution is 2.38. The van der Waals surface area contributed by atoms with E-state index in [-0.39, 0.29) is 53.6 Å². The fourth-order valence-electron chi connectivity index (χ4n) is 5.50. The molecule has 1 aliphatic heterocycles. The average Bonchev–Trinajstić information content (AvgIpc) is 3.64. The molecule has 15 heteroatoms. The van der Waals surface area contributed by atoms with Gasteiger partial charge in [-0.2, -0.15) is 18.3 Å². The largest absolute Gasteiger partial charge is 0.435 e. The lowest BCUT2D eigenvalue weighted by Crippen LogP contribution is -2.40. The van der Waals surface area contributed by atoms with Gasteiger partial charge in [-0.25, -0.2) is 18.6 Å². The number of methoxy groups -OCH3 is 1. The van der Waals surface area contributed by atoms with Crippen LogP contribution in [0, 0.1) is 11.7 Å².